The summed E-state index contributed by atoms with van der Waals surface area (Å²) in [6.07, 6.45) is 8.29. The van der Waals surface area contributed by atoms with E-state index < -0.39 is 0 Å². The van der Waals surface area contributed by atoms with Gasteiger partial charge < -0.3 is 20.4 Å². The van der Waals surface area contributed by atoms with Crippen LogP contribution in [0.25, 0.3) is 22.0 Å². The van der Waals surface area contributed by atoms with Crippen molar-refractivity contribution in [2.45, 2.75) is 0 Å². The predicted octanol–water partition coefficient (Wildman–Crippen LogP) is 3.71. The van der Waals surface area contributed by atoms with E-state index in [1.165, 1.54) is 6.08 Å². The zero-order valence-corrected chi connectivity index (χ0v) is 19.5. The number of hydrogen-bond donors (Lipinski definition) is 2. The lowest BCUT2D eigenvalue weighted by Gasteiger charge is -2.33. The first kappa shape index (κ1) is 22.4. The van der Waals surface area contributed by atoms with Gasteiger partial charge in [-0.2, -0.15) is 0 Å². The molecule has 3 aromatic heterocycles. The summed E-state index contributed by atoms with van der Waals surface area (Å²) in [5, 5.41) is 6.86. The van der Waals surface area contributed by atoms with Crippen LogP contribution in [-0.2, 0) is 4.79 Å². The molecule has 176 valence electrons. The summed E-state index contributed by atoms with van der Waals surface area (Å²) in [5.74, 6) is 1.18. The average Bonchev–Trinajstić information content (AvgIpc) is 2.89. The largest absolute Gasteiger partial charge is 0.354 e. The lowest BCUT2D eigenvalue weighted by Crippen LogP contribution is -2.44. The van der Waals surface area contributed by atoms with Crippen molar-refractivity contribution in [2.24, 2.45) is 0 Å². The number of piperazine rings is 1. The van der Waals surface area contributed by atoms with Crippen LogP contribution in [0.1, 0.15) is 0 Å². The minimum Gasteiger partial charge on any atom is -0.354 e. The SMILES string of the molecule is C=CC(=O)Nc1cccc(-c2cncc3cnc(Nc4ccc(N5CCN(C)CC5)nc4)nc23)c1. The molecule has 1 aliphatic rings. The molecule has 1 aliphatic heterocycles. The molecule has 0 atom stereocenters. The number of hydrogen-bond acceptors (Lipinski definition) is 8. The minimum atomic E-state index is -0.265. The van der Waals surface area contributed by atoms with Crippen LogP contribution in [0, 0.1) is 0 Å². The number of rotatable bonds is 6. The molecule has 1 saturated heterocycles. The van der Waals surface area contributed by atoms with Gasteiger partial charge >= 0.3 is 0 Å². The van der Waals surface area contributed by atoms with Gasteiger partial charge in [-0.15, -0.1) is 0 Å². The van der Waals surface area contributed by atoms with Crippen LogP contribution in [0.4, 0.5) is 23.1 Å². The molecule has 35 heavy (non-hydrogen) atoms. The number of benzene rings is 1. The van der Waals surface area contributed by atoms with Gasteiger partial charge in [-0.1, -0.05) is 18.7 Å². The third kappa shape index (κ3) is 5.10. The molecule has 0 bridgehead atoms. The molecule has 9 heteroatoms. The summed E-state index contributed by atoms with van der Waals surface area (Å²) < 4.78 is 0. The molecule has 0 unspecified atom stereocenters. The van der Waals surface area contributed by atoms with Gasteiger partial charge in [0.1, 0.15) is 5.82 Å². The summed E-state index contributed by atoms with van der Waals surface area (Å²) in [7, 11) is 2.14. The van der Waals surface area contributed by atoms with E-state index >= 15 is 0 Å². The number of carbonyl (C=O) groups excluding carboxylic acids is 1. The summed E-state index contributed by atoms with van der Waals surface area (Å²) in [4.78, 5) is 34.5. The van der Waals surface area contributed by atoms with E-state index in [-0.39, 0.29) is 5.91 Å². The fourth-order valence-electron chi connectivity index (χ4n) is 4.00. The van der Waals surface area contributed by atoms with E-state index in [1.54, 1.807) is 24.8 Å². The lowest BCUT2D eigenvalue weighted by molar-refractivity contribution is -0.111. The van der Waals surface area contributed by atoms with Crippen molar-refractivity contribution in [1.29, 1.82) is 0 Å². The Bertz CT molecular complexity index is 1360. The normalized spacial score (nSPS) is 14.0. The molecule has 1 aromatic carbocycles. The molecule has 4 heterocycles. The van der Waals surface area contributed by atoms with E-state index in [4.69, 9.17) is 4.98 Å². The number of nitrogens with zero attached hydrogens (tertiary/aromatic N) is 6. The van der Waals surface area contributed by atoms with Crippen LogP contribution < -0.4 is 15.5 Å². The summed E-state index contributed by atoms with van der Waals surface area (Å²) in [6.45, 7) is 7.51. The average molecular weight is 467 g/mol. The maximum Gasteiger partial charge on any atom is 0.247 e. The number of anilines is 4. The first-order chi connectivity index (χ1) is 17.1. The second-order valence-electron chi connectivity index (χ2n) is 8.41. The quantitative estimate of drug-likeness (QED) is 0.415. The first-order valence-electron chi connectivity index (χ1n) is 11.4. The summed E-state index contributed by atoms with van der Waals surface area (Å²) in [5.41, 5.74) is 3.96. The van der Waals surface area contributed by atoms with Gasteiger partial charge in [0, 0.05) is 61.4 Å². The lowest BCUT2D eigenvalue weighted by atomic mass is 10.0. The van der Waals surface area contributed by atoms with Crippen LogP contribution in [0.15, 0.2) is 73.8 Å². The molecule has 0 radical (unpaired) electrons. The topological polar surface area (TPSA) is 99.2 Å². The Balaban J connectivity index is 1.39. The second-order valence-corrected chi connectivity index (χ2v) is 8.41. The Labute approximate surface area is 203 Å². The van der Waals surface area contributed by atoms with Crippen LogP contribution in [-0.4, -0.2) is 64.0 Å². The highest BCUT2D eigenvalue weighted by molar-refractivity contribution is 6.00. The molecule has 0 spiro atoms. The highest BCUT2D eigenvalue weighted by Crippen LogP contribution is 2.29. The summed E-state index contributed by atoms with van der Waals surface area (Å²) >= 11 is 0. The Kier molecular flexibility index (Phi) is 6.32. The van der Waals surface area contributed by atoms with Crippen molar-refractivity contribution in [3.8, 4) is 11.1 Å². The number of pyridine rings is 2. The smallest absolute Gasteiger partial charge is 0.247 e. The van der Waals surface area contributed by atoms with Gasteiger partial charge in [-0.25, -0.2) is 15.0 Å². The fourth-order valence-corrected chi connectivity index (χ4v) is 4.00. The number of amides is 1. The van der Waals surface area contributed by atoms with E-state index in [0.717, 1.165) is 59.7 Å². The first-order valence-corrected chi connectivity index (χ1v) is 11.4. The third-order valence-electron chi connectivity index (χ3n) is 5.95. The van der Waals surface area contributed by atoms with Crippen LogP contribution in [0.2, 0.25) is 0 Å². The highest BCUT2D eigenvalue weighted by atomic mass is 16.1. The molecule has 1 amide bonds. The van der Waals surface area contributed by atoms with Gasteiger partial charge in [0.05, 0.1) is 17.4 Å². The van der Waals surface area contributed by atoms with Crippen molar-refractivity contribution in [2.75, 3.05) is 48.8 Å². The molecule has 4 aromatic rings. The maximum absolute atomic E-state index is 11.7. The molecule has 1 fully saturated rings. The van der Waals surface area contributed by atoms with E-state index in [9.17, 15) is 4.79 Å². The molecule has 2 N–H and O–H groups in total. The standard InChI is InChI=1S/C26H26N8O/c1-3-24(35)30-20-6-4-5-18(13-20)22-17-27-14-19-15-29-26(32-25(19)22)31-21-7-8-23(28-16-21)34-11-9-33(2)10-12-34/h3-8,13-17H,1,9-12H2,2H3,(H,30,35)(H,29,31,32). The summed E-state index contributed by atoms with van der Waals surface area (Å²) in [6, 6.07) is 11.6. The fraction of sp³-hybridized carbons (Fsp3) is 0.192. The van der Waals surface area contributed by atoms with Gasteiger partial charge in [-0.05, 0) is 43.0 Å². The van der Waals surface area contributed by atoms with Crippen molar-refractivity contribution in [1.82, 2.24) is 24.8 Å². The van der Waals surface area contributed by atoms with Gasteiger partial charge in [0.15, 0.2) is 0 Å². The monoisotopic (exact) mass is 466 g/mol. The molecule has 5 rings (SSSR count). The van der Waals surface area contributed by atoms with E-state index in [0.29, 0.717) is 11.6 Å². The molecular weight excluding hydrogens is 440 g/mol. The zero-order chi connectivity index (χ0) is 24.2. The van der Waals surface area contributed by atoms with Crippen molar-refractivity contribution < 1.29 is 4.79 Å². The predicted molar refractivity (Wildman–Crippen MR) is 139 cm³/mol. The Morgan fingerprint density at radius 2 is 1.86 bits per heavy atom. The Morgan fingerprint density at radius 1 is 1.00 bits per heavy atom. The van der Waals surface area contributed by atoms with Crippen LogP contribution >= 0.6 is 0 Å². The number of aromatic nitrogens is 4. The second kappa shape index (κ2) is 9.86. The molecule has 0 saturated carbocycles. The van der Waals surface area contributed by atoms with E-state index in [1.807, 2.05) is 36.4 Å². The third-order valence-corrected chi connectivity index (χ3v) is 5.95. The maximum atomic E-state index is 11.7. The Hall–Kier alpha value is -4.37. The van der Waals surface area contributed by atoms with Crippen molar-refractivity contribution in [3.63, 3.8) is 0 Å². The number of carbonyl (C=O) groups is 1. The van der Waals surface area contributed by atoms with Crippen molar-refractivity contribution in [3.05, 3.63) is 73.8 Å². The minimum absolute atomic E-state index is 0.265. The molecule has 9 nitrogen and oxygen atoms in total. The van der Waals surface area contributed by atoms with Crippen LogP contribution in [0.3, 0.4) is 0 Å². The molecule has 0 aliphatic carbocycles. The van der Waals surface area contributed by atoms with Crippen molar-refractivity contribution >= 4 is 40.0 Å². The van der Waals surface area contributed by atoms with Gasteiger partial charge in [0.25, 0.3) is 0 Å². The Morgan fingerprint density at radius 3 is 2.63 bits per heavy atom. The highest BCUT2D eigenvalue weighted by Gasteiger charge is 2.15. The van der Waals surface area contributed by atoms with Gasteiger partial charge in [-0.3, -0.25) is 9.78 Å². The number of fused-ring (bicyclic) bond motifs is 1. The number of nitrogens with one attached hydrogen (secondary N) is 2. The van der Waals surface area contributed by atoms with Gasteiger partial charge in [0.2, 0.25) is 11.9 Å². The molecular formula is C26H26N8O. The van der Waals surface area contributed by atoms with Crippen LogP contribution in [0.5, 0.6) is 0 Å². The number of likely N-dealkylation sites (N-methyl/N-ethyl adjacent to an activating group) is 1. The zero-order valence-electron chi connectivity index (χ0n) is 19.5. The van der Waals surface area contributed by atoms with E-state index in [2.05, 4.69) is 49.0 Å².